The van der Waals surface area contributed by atoms with Gasteiger partial charge in [0, 0.05) is 32.7 Å². The molecule has 1 atom stereocenters. The zero-order chi connectivity index (χ0) is 26.4. The number of hydrogen-bond donors (Lipinski definition) is 3. The van der Waals surface area contributed by atoms with Gasteiger partial charge in [-0.15, -0.1) is 0 Å². The summed E-state index contributed by atoms with van der Waals surface area (Å²) in [5.41, 5.74) is 8.03. The zero-order valence-electron chi connectivity index (χ0n) is 20.4. The second kappa shape index (κ2) is 12.0. The maximum Gasteiger partial charge on any atom is 0.404 e. The van der Waals surface area contributed by atoms with E-state index in [0.717, 1.165) is 55.4 Å². The quantitative estimate of drug-likeness (QED) is 0.317. The minimum absolute atomic E-state index is 0.136. The molecule has 0 radical (unpaired) electrons. The molecule has 2 amide bonds. The number of amides is 2. The fourth-order valence-electron chi connectivity index (χ4n) is 4.59. The summed E-state index contributed by atoms with van der Waals surface area (Å²) < 4.78 is 0. The Labute approximate surface area is 220 Å². The van der Waals surface area contributed by atoms with Crippen LogP contribution in [0.1, 0.15) is 52.7 Å². The molecule has 1 aromatic heterocycles. The zero-order valence-corrected chi connectivity index (χ0v) is 21.2. The summed E-state index contributed by atoms with van der Waals surface area (Å²) in [7, 11) is 0. The molecule has 1 aliphatic heterocycles. The van der Waals surface area contributed by atoms with E-state index in [9.17, 15) is 20.1 Å². The number of rotatable bonds is 10. The van der Waals surface area contributed by atoms with Crippen LogP contribution in [0.3, 0.4) is 0 Å². The minimum atomic E-state index is -1.02. The summed E-state index contributed by atoms with van der Waals surface area (Å²) in [6.45, 7) is 3.95. The fourth-order valence-corrected chi connectivity index (χ4v) is 5.64. The molecule has 0 bridgehead atoms. The fraction of sp³-hybridized carbons (Fsp3) is 0.423. The number of carbonyl (C=O) groups is 2. The summed E-state index contributed by atoms with van der Waals surface area (Å²) in [6.07, 6.45) is 1.51. The number of thioether (sulfide) groups is 1. The average molecular weight is 520 g/mol. The average Bonchev–Trinajstić information content (AvgIpc) is 3.75. The van der Waals surface area contributed by atoms with E-state index in [4.69, 9.17) is 15.8 Å². The number of piperazine rings is 1. The lowest BCUT2D eigenvalue weighted by atomic mass is 9.99. The Morgan fingerprint density at radius 1 is 1.14 bits per heavy atom. The first kappa shape index (κ1) is 26.3. The molecule has 192 valence electrons. The van der Waals surface area contributed by atoms with Crippen molar-refractivity contribution >= 4 is 29.6 Å². The molecule has 1 saturated heterocycles. The number of aromatic nitrogens is 1. The van der Waals surface area contributed by atoms with E-state index in [2.05, 4.69) is 27.3 Å². The number of carboxylic acid groups (broad SMARTS) is 1. The van der Waals surface area contributed by atoms with Crippen LogP contribution in [-0.2, 0) is 4.79 Å². The standard InChI is InChI=1S/C26H29N7O3S/c27-15-19-21(17-7-8-17)20(16-28)25(37-22(23(29)34)18-5-2-1-3-6-18)31-24(19)33-13-11-32(12-14-33)10-4-9-30-26(35)36/h1-3,5-6,17,22,30H,4,7-14H2,(H2,29,34)(H,35,36). The van der Waals surface area contributed by atoms with Crippen molar-refractivity contribution in [2.45, 2.75) is 35.5 Å². The summed E-state index contributed by atoms with van der Waals surface area (Å²) in [6, 6.07) is 13.8. The number of carbonyl (C=O) groups excluding carboxylic acids is 1. The second-order valence-corrected chi connectivity index (χ2v) is 10.2. The number of hydrogen-bond acceptors (Lipinski definition) is 8. The van der Waals surface area contributed by atoms with Gasteiger partial charge in [0.1, 0.15) is 28.2 Å². The number of nitrogens with one attached hydrogen (secondary N) is 1. The van der Waals surface area contributed by atoms with Crippen LogP contribution in [0.15, 0.2) is 35.4 Å². The number of anilines is 1. The minimum Gasteiger partial charge on any atom is -0.465 e. The highest BCUT2D eigenvalue weighted by atomic mass is 32.2. The van der Waals surface area contributed by atoms with Crippen molar-refractivity contribution in [3.63, 3.8) is 0 Å². The number of pyridine rings is 1. The van der Waals surface area contributed by atoms with Gasteiger partial charge in [-0.3, -0.25) is 9.69 Å². The second-order valence-electron chi connectivity index (χ2n) is 9.13. The Kier molecular flexibility index (Phi) is 8.49. The number of benzene rings is 1. The Balaban J connectivity index is 1.61. The van der Waals surface area contributed by atoms with Crippen molar-refractivity contribution in [1.82, 2.24) is 15.2 Å². The van der Waals surface area contributed by atoms with Crippen LogP contribution < -0.4 is 16.0 Å². The predicted molar refractivity (Wildman–Crippen MR) is 139 cm³/mol. The molecular weight excluding hydrogens is 490 g/mol. The van der Waals surface area contributed by atoms with Crippen LogP contribution in [0.2, 0.25) is 0 Å². The van der Waals surface area contributed by atoms with E-state index < -0.39 is 17.3 Å². The lowest BCUT2D eigenvalue weighted by Gasteiger charge is -2.36. The van der Waals surface area contributed by atoms with Gasteiger partial charge in [0.15, 0.2) is 0 Å². The van der Waals surface area contributed by atoms with Crippen LogP contribution in [0.25, 0.3) is 0 Å². The summed E-state index contributed by atoms with van der Waals surface area (Å²) in [5, 5.41) is 31.0. The molecule has 1 aliphatic carbocycles. The van der Waals surface area contributed by atoms with Gasteiger partial charge in [0.2, 0.25) is 5.91 Å². The van der Waals surface area contributed by atoms with Gasteiger partial charge in [-0.1, -0.05) is 42.1 Å². The summed E-state index contributed by atoms with van der Waals surface area (Å²) in [4.78, 5) is 32.2. The van der Waals surface area contributed by atoms with E-state index in [1.807, 2.05) is 30.3 Å². The molecule has 4 rings (SSSR count). The lowest BCUT2D eigenvalue weighted by molar-refractivity contribution is -0.117. The predicted octanol–water partition coefficient (Wildman–Crippen LogP) is 2.80. The molecule has 2 fully saturated rings. The summed E-state index contributed by atoms with van der Waals surface area (Å²) >= 11 is 1.16. The van der Waals surface area contributed by atoms with E-state index in [0.29, 0.717) is 48.0 Å². The van der Waals surface area contributed by atoms with E-state index in [1.54, 1.807) is 0 Å². The number of nitriles is 2. The monoisotopic (exact) mass is 519 g/mol. The maximum absolute atomic E-state index is 12.4. The molecule has 37 heavy (non-hydrogen) atoms. The SMILES string of the molecule is N#Cc1c(SC(C(N)=O)c2ccccc2)nc(N2CCN(CCCNC(=O)O)CC2)c(C#N)c1C1CC1. The van der Waals surface area contributed by atoms with Crippen molar-refractivity contribution in [3.05, 3.63) is 52.6 Å². The highest BCUT2D eigenvalue weighted by molar-refractivity contribution is 8.00. The van der Waals surface area contributed by atoms with Crippen LogP contribution >= 0.6 is 11.8 Å². The molecule has 4 N–H and O–H groups in total. The third-order valence-corrected chi connectivity index (χ3v) is 7.84. The van der Waals surface area contributed by atoms with E-state index in [1.165, 1.54) is 0 Å². The largest absolute Gasteiger partial charge is 0.465 e. The molecule has 11 heteroatoms. The smallest absolute Gasteiger partial charge is 0.404 e. The molecule has 10 nitrogen and oxygen atoms in total. The van der Waals surface area contributed by atoms with Crippen LogP contribution in [0.4, 0.5) is 10.6 Å². The van der Waals surface area contributed by atoms with Crippen LogP contribution in [0, 0.1) is 22.7 Å². The highest BCUT2D eigenvalue weighted by Crippen LogP contribution is 2.48. The van der Waals surface area contributed by atoms with Gasteiger partial charge >= 0.3 is 6.09 Å². The van der Waals surface area contributed by atoms with Gasteiger partial charge < -0.3 is 21.1 Å². The third-order valence-electron chi connectivity index (χ3n) is 6.58. The summed E-state index contributed by atoms with van der Waals surface area (Å²) in [5.74, 6) is 0.165. The number of primary amides is 1. The number of nitrogens with two attached hydrogens (primary N) is 1. The van der Waals surface area contributed by atoms with Gasteiger partial charge in [-0.05, 0) is 42.9 Å². The molecule has 1 saturated carbocycles. The molecule has 1 unspecified atom stereocenters. The van der Waals surface area contributed by atoms with Gasteiger partial charge in [0.05, 0.1) is 11.1 Å². The Morgan fingerprint density at radius 3 is 2.38 bits per heavy atom. The lowest BCUT2D eigenvalue weighted by Crippen LogP contribution is -2.47. The van der Waals surface area contributed by atoms with Crippen LogP contribution in [-0.4, -0.2) is 66.3 Å². The van der Waals surface area contributed by atoms with Gasteiger partial charge in [-0.2, -0.15) is 10.5 Å². The first-order chi connectivity index (χ1) is 17.9. The molecule has 2 aromatic rings. The molecule has 0 spiro atoms. The molecule has 2 aliphatic rings. The molecular formula is C26H29N7O3S. The Hall–Kier alpha value is -3.80. The van der Waals surface area contributed by atoms with E-state index >= 15 is 0 Å². The third kappa shape index (κ3) is 6.31. The van der Waals surface area contributed by atoms with Crippen molar-refractivity contribution in [3.8, 4) is 12.1 Å². The maximum atomic E-state index is 12.4. The number of nitrogens with zero attached hydrogens (tertiary/aromatic N) is 5. The van der Waals surface area contributed by atoms with Crippen molar-refractivity contribution < 1.29 is 14.7 Å². The first-order valence-corrected chi connectivity index (χ1v) is 13.1. The van der Waals surface area contributed by atoms with Crippen molar-refractivity contribution in [1.29, 1.82) is 10.5 Å². The topological polar surface area (TPSA) is 159 Å². The van der Waals surface area contributed by atoms with Crippen molar-refractivity contribution in [2.24, 2.45) is 5.73 Å². The van der Waals surface area contributed by atoms with Gasteiger partial charge in [-0.25, -0.2) is 9.78 Å². The molecule has 1 aromatic carbocycles. The van der Waals surface area contributed by atoms with E-state index in [-0.39, 0.29) is 5.92 Å². The first-order valence-electron chi connectivity index (χ1n) is 12.3. The normalized spacial score (nSPS) is 16.4. The van der Waals surface area contributed by atoms with Crippen LogP contribution in [0.5, 0.6) is 0 Å². The van der Waals surface area contributed by atoms with Gasteiger partial charge in [0.25, 0.3) is 0 Å². The van der Waals surface area contributed by atoms with Crippen molar-refractivity contribution in [2.75, 3.05) is 44.2 Å². The highest BCUT2D eigenvalue weighted by Gasteiger charge is 2.35. The Bertz CT molecular complexity index is 1230. The molecule has 2 heterocycles. The Morgan fingerprint density at radius 2 is 1.81 bits per heavy atom.